The van der Waals surface area contributed by atoms with E-state index in [0.717, 1.165) is 13.0 Å². The van der Waals surface area contributed by atoms with Crippen LogP contribution in [0, 0.1) is 0 Å². The van der Waals surface area contributed by atoms with Crippen molar-refractivity contribution in [1.82, 2.24) is 9.78 Å². The molecule has 0 atom stereocenters. The number of hydrogen-bond donors (Lipinski definition) is 0. The van der Waals surface area contributed by atoms with Crippen molar-refractivity contribution in [3.63, 3.8) is 0 Å². The van der Waals surface area contributed by atoms with Gasteiger partial charge in [-0.1, -0.05) is 11.6 Å². The minimum atomic E-state index is 0.216. The van der Waals surface area contributed by atoms with Crippen LogP contribution in [0.2, 0.25) is 5.02 Å². The molecule has 1 aromatic heterocycles. The molecule has 3 nitrogen and oxygen atoms in total. The van der Waals surface area contributed by atoms with E-state index < -0.39 is 0 Å². The number of carbonyl (C=O) groups excluding carboxylic acids is 1. The molecule has 1 heterocycles. The highest BCUT2D eigenvalue weighted by Crippen LogP contribution is 2.05. The third kappa shape index (κ3) is 3.05. The molecule has 0 spiro atoms. The minimum absolute atomic E-state index is 0.216. The second-order valence-electron chi connectivity index (χ2n) is 2.73. The van der Waals surface area contributed by atoms with E-state index in [-0.39, 0.29) is 5.78 Å². The maximum absolute atomic E-state index is 10.6. The average Bonchev–Trinajstić information content (AvgIpc) is 2.35. The van der Waals surface area contributed by atoms with Crippen molar-refractivity contribution >= 4 is 17.4 Å². The van der Waals surface area contributed by atoms with Crippen LogP contribution >= 0.6 is 11.6 Å². The van der Waals surface area contributed by atoms with Gasteiger partial charge < -0.3 is 4.79 Å². The van der Waals surface area contributed by atoms with Crippen LogP contribution in [0.1, 0.15) is 19.8 Å². The van der Waals surface area contributed by atoms with Gasteiger partial charge in [0.05, 0.1) is 11.2 Å². The Morgan fingerprint density at radius 1 is 1.75 bits per heavy atom. The lowest BCUT2D eigenvalue weighted by Crippen LogP contribution is -2.00. The van der Waals surface area contributed by atoms with Gasteiger partial charge in [0.15, 0.2) is 0 Å². The van der Waals surface area contributed by atoms with Crippen LogP contribution in [0.4, 0.5) is 0 Å². The summed E-state index contributed by atoms with van der Waals surface area (Å²) in [4.78, 5) is 10.6. The van der Waals surface area contributed by atoms with Gasteiger partial charge in [-0.15, -0.1) is 0 Å². The standard InChI is InChI=1S/C8H11ClN2O/c1-7(12)3-2-4-11-6-8(9)5-10-11/h5-6H,2-4H2,1H3. The molecule has 0 saturated carbocycles. The lowest BCUT2D eigenvalue weighted by Gasteiger charge is -1.97. The Morgan fingerprint density at radius 2 is 2.50 bits per heavy atom. The summed E-state index contributed by atoms with van der Waals surface area (Å²) in [6.07, 6.45) is 4.78. The summed E-state index contributed by atoms with van der Waals surface area (Å²) in [5.41, 5.74) is 0. The molecular formula is C8H11ClN2O. The highest BCUT2D eigenvalue weighted by molar-refractivity contribution is 6.30. The molecule has 0 N–H and O–H groups in total. The molecule has 0 aromatic carbocycles. The van der Waals surface area contributed by atoms with E-state index in [1.807, 2.05) is 0 Å². The van der Waals surface area contributed by atoms with Crippen molar-refractivity contribution in [2.75, 3.05) is 0 Å². The van der Waals surface area contributed by atoms with Gasteiger partial charge in [0, 0.05) is 19.2 Å². The van der Waals surface area contributed by atoms with Gasteiger partial charge in [-0.25, -0.2) is 0 Å². The molecule has 1 aromatic rings. The van der Waals surface area contributed by atoms with Gasteiger partial charge in [0.2, 0.25) is 0 Å². The minimum Gasteiger partial charge on any atom is -0.300 e. The molecule has 0 aliphatic carbocycles. The number of nitrogens with zero attached hydrogens (tertiary/aromatic N) is 2. The van der Waals surface area contributed by atoms with Crippen LogP contribution in [0.3, 0.4) is 0 Å². The van der Waals surface area contributed by atoms with E-state index in [1.54, 1.807) is 24.0 Å². The maximum atomic E-state index is 10.6. The fraction of sp³-hybridized carbons (Fsp3) is 0.500. The second-order valence-corrected chi connectivity index (χ2v) is 3.16. The normalized spacial score (nSPS) is 10.2. The van der Waals surface area contributed by atoms with E-state index >= 15 is 0 Å². The third-order valence-electron chi connectivity index (χ3n) is 1.52. The predicted molar refractivity (Wildman–Crippen MR) is 47.2 cm³/mol. The van der Waals surface area contributed by atoms with E-state index in [9.17, 15) is 4.79 Å². The molecule has 0 aliphatic rings. The van der Waals surface area contributed by atoms with Gasteiger partial charge in [0.25, 0.3) is 0 Å². The summed E-state index contributed by atoms with van der Waals surface area (Å²) in [6, 6.07) is 0. The number of aromatic nitrogens is 2. The number of Topliss-reactive ketones (excluding diaryl/α,β-unsaturated/α-hetero) is 1. The molecule has 0 radical (unpaired) electrons. The highest BCUT2D eigenvalue weighted by Gasteiger charge is 1.96. The molecule has 1 rings (SSSR count). The Bertz CT molecular complexity index is 270. The van der Waals surface area contributed by atoms with Gasteiger partial charge >= 0.3 is 0 Å². The first kappa shape index (κ1) is 9.26. The molecular weight excluding hydrogens is 176 g/mol. The summed E-state index contributed by atoms with van der Waals surface area (Å²) < 4.78 is 1.74. The smallest absolute Gasteiger partial charge is 0.129 e. The molecule has 12 heavy (non-hydrogen) atoms. The molecule has 0 saturated heterocycles. The Balaban J connectivity index is 2.29. The summed E-state index contributed by atoms with van der Waals surface area (Å²) >= 11 is 5.65. The molecule has 0 fully saturated rings. The number of halogens is 1. The van der Waals surface area contributed by atoms with Crippen molar-refractivity contribution in [1.29, 1.82) is 0 Å². The first-order valence-electron chi connectivity index (χ1n) is 3.86. The molecule has 0 bridgehead atoms. The molecule has 0 aliphatic heterocycles. The van der Waals surface area contributed by atoms with Crippen molar-refractivity contribution in [3.05, 3.63) is 17.4 Å². The fourth-order valence-electron chi connectivity index (χ4n) is 0.951. The zero-order chi connectivity index (χ0) is 8.97. The topological polar surface area (TPSA) is 34.9 Å². The van der Waals surface area contributed by atoms with Crippen molar-refractivity contribution in [2.45, 2.75) is 26.3 Å². The van der Waals surface area contributed by atoms with E-state index in [2.05, 4.69) is 5.10 Å². The monoisotopic (exact) mass is 186 g/mol. The number of aryl methyl sites for hydroxylation is 1. The summed E-state index contributed by atoms with van der Waals surface area (Å²) in [5.74, 6) is 0.216. The third-order valence-corrected chi connectivity index (χ3v) is 1.71. The number of ketones is 1. The Hall–Kier alpha value is -0.830. The summed E-state index contributed by atoms with van der Waals surface area (Å²) in [7, 11) is 0. The first-order chi connectivity index (χ1) is 5.68. The molecule has 4 heteroatoms. The maximum Gasteiger partial charge on any atom is 0.129 e. The second kappa shape index (κ2) is 4.26. The van der Waals surface area contributed by atoms with E-state index in [1.165, 1.54) is 0 Å². The van der Waals surface area contributed by atoms with Gasteiger partial charge in [-0.3, -0.25) is 4.68 Å². The van der Waals surface area contributed by atoms with E-state index in [0.29, 0.717) is 11.4 Å². The largest absolute Gasteiger partial charge is 0.300 e. The lowest BCUT2D eigenvalue weighted by atomic mass is 10.2. The molecule has 66 valence electrons. The molecule has 0 amide bonds. The Labute approximate surface area is 76.3 Å². The zero-order valence-electron chi connectivity index (χ0n) is 6.96. The lowest BCUT2D eigenvalue weighted by molar-refractivity contribution is -0.117. The van der Waals surface area contributed by atoms with Crippen LogP contribution in [0.25, 0.3) is 0 Å². The van der Waals surface area contributed by atoms with E-state index in [4.69, 9.17) is 11.6 Å². The van der Waals surface area contributed by atoms with Crippen LogP contribution in [0.5, 0.6) is 0 Å². The van der Waals surface area contributed by atoms with Crippen molar-refractivity contribution in [2.24, 2.45) is 0 Å². The number of carbonyl (C=O) groups is 1. The summed E-state index contributed by atoms with van der Waals surface area (Å²) in [6.45, 7) is 2.35. The average molecular weight is 187 g/mol. The zero-order valence-corrected chi connectivity index (χ0v) is 7.71. The first-order valence-corrected chi connectivity index (χ1v) is 4.23. The van der Waals surface area contributed by atoms with Crippen molar-refractivity contribution in [3.8, 4) is 0 Å². The van der Waals surface area contributed by atoms with Crippen molar-refractivity contribution < 1.29 is 4.79 Å². The number of hydrogen-bond acceptors (Lipinski definition) is 2. The Kier molecular flexibility index (Phi) is 3.29. The Morgan fingerprint density at radius 3 is 3.00 bits per heavy atom. The highest BCUT2D eigenvalue weighted by atomic mass is 35.5. The quantitative estimate of drug-likeness (QED) is 0.720. The van der Waals surface area contributed by atoms with Gasteiger partial charge in [0.1, 0.15) is 5.78 Å². The fourth-order valence-corrected chi connectivity index (χ4v) is 1.11. The predicted octanol–water partition coefficient (Wildman–Crippen LogP) is 1.91. The van der Waals surface area contributed by atoms with Crippen LogP contribution in [-0.2, 0) is 11.3 Å². The van der Waals surface area contributed by atoms with Gasteiger partial charge in [-0.05, 0) is 13.3 Å². The van der Waals surface area contributed by atoms with Gasteiger partial charge in [-0.2, -0.15) is 5.10 Å². The van der Waals surface area contributed by atoms with Crippen LogP contribution in [0.15, 0.2) is 12.4 Å². The van der Waals surface area contributed by atoms with Crippen LogP contribution < -0.4 is 0 Å². The SMILES string of the molecule is CC(=O)CCCn1cc(Cl)cn1. The van der Waals surface area contributed by atoms with Crippen LogP contribution in [-0.4, -0.2) is 15.6 Å². The summed E-state index contributed by atoms with van der Waals surface area (Å²) in [5, 5.41) is 4.62. The molecule has 0 unspecified atom stereocenters. The number of rotatable bonds is 4.